The molecule has 0 spiro atoms. The summed E-state index contributed by atoms with van der Waals surface area (Å²) in [7, 11) is 0. The average Bonchev–Trinajstić information content (AvgIpc) is 3.02. The van der Waals surface area contributed by atoms with Crippen molar-refractivity contribution >= 4 is 22.5 Å². The van der Waals surface area contributed by atoms with Crippen LogP contribution in [0.2, 0.25) is 5.02 Å². The minimum Gasteiger partial charge on any atom is -0.421 e. The molecule has 112 valence electrons. The number of nitrogens with zero attached hydrogens (tertiary/aromatic N) is 4. The van der Waals surface area contributed by atoms with E-state index in [4.69, 9.17) is 16.0 Å². The van der Waals surface area contributed by atoms with Crippen molar-refractivity contribution in [3.8, 4) is 22.6 Å². The Morgan fingerprint density at radius 3 is 2.35 bits per heavy atom. The second-order valence-electron chi connectivity index (χ2n) is 5.13. The van der Waals surface area contributed by atoms with Crippen molar-refractivity contribution in [2.75, 3.05) is 0 Å². The zero-order valence-electron chi connectivity index (χ0n) is 12.2. The normalized spacial score (nSPS) is 11.0. The molecule has 4 rings (SSSR count). The topological polar surface area (TPSA) is 64.7 Å². The first-order valence-corrected chi connectivity index (χ1v) is 7.40. The quantitative estimate of drug-likeness (QED) is 0.550. The first-order chi connectivity index (χ1) is 11.2. The highest BCUT2D eigenvalue weighted by Gasteiger charge is 2.07. The fraction of sp³-hybridized carbons (Fsp3) is 0.0588. The lowest BCUT2D eigenvalue weighted by atomic mass is 10.0. The highest BCUT2D eigenvalue weighted by atomic mass is 35.5. The van der Waals surface area contributed by atoms with Crippen LogP contribution in [0.15, 0.2) is 53.1 Å². The number of aryl methyl sites for hydroxylation is 1. The van der Waals surface area contributed by atoms with Crippen molar-refractivity contribution in [3.63, 3.8) is 0 Å². The Balaban J connectivity index is 1.74. The first kappa shape index (κ1) is 13.8. The maximum Gasteiger partial charge on any atom is 0.247 e. The van der Waals surface area contributed by atoms with Gasteiger partial charge in [-0.25, -0.2) is 0 Å². The Kier molecular flexibility index (Phi) is 3.28. The van der Waals surface area contributed by atoms with E-state index in [1.807, 2.05) is 42.5 Å². The molecule has 0 aliphatic heterocycles. The van der Waals surface area contributed by atoms with E-state index in [1.54, 1.807) is 13.1 Å². The summed E-state index contributed by atoms with van der Waals surface area (Å²) in [4.78, 5) is 0. The molecular formula is C17H11ClN4O. The zero-order valence-corrected chi connectivity index (χ0v) is 12.9. The third kappa shape index (κ3) is 2.55. The van der Waals surface area contributed by atoms with Crippen molar-refractivity contribution < 1.29 is 4.42 Å². The molecule has 0 saturated carbocycles. The number of fused-ring (bicyclic) bond motifs is 1. The highest BCUT2D eigenvalue weighted by Crippen LogP contribution is 2.28. The van der Waals surface area contributed by atoms with Crippen LogP contribution >= 0.6 is 11.6 Å². The molecular weight excluding hydrogens is 312 g/mol. The maximum absolute atomic E-state index is 6.19. The van der Waals surface area contributed by atoms with Crippen molar-refractivity contribution in [1.29, 1.82) is 0 Å². The van der Waals surface area contributed by atoms with Gasteiger partial charge in [0, 0.05) is 17.9 Å². The summed E-state index contributed by atoms with van der Waals surface area (Å²) in [6.07, 6.45) is 1.55. The lowest BCUT2D eigenvalue weighted by Crippen LogP contribution is -1.86. The van der Waals surface area contributed by atoms with Crippen LogP contribution < -0.4 is 0 Å². The van der Waals surface area contributed by atoms with Gasteiger partial charge in [-0.1, -0.05) is 29.8 Å². The van der Waals surface area contributed by atoms with Gasteiger partial charge in [0.05, 0.1) is 16.7 Å². The molecule has 0 fully saturated rings. The number of hydrogen-bond donors (Lipinski definition) is 0. The minimum absolute atomic E-state index is 0.519. The van der Waals surface area contributed by atoms with Crippen LogP contribution in [0, 0.1) is 6.92 Å². The highest BCUT2D eigenvalue weighted by molar-refractivity contribution is 6.35. The molecule has 0 bridgehead atoms. The molecule has 2 heterocycles. The van der Waals surface area contributed by atoms with Crippen LogP contribution in [-0.4, -0.2) is 20.4 Å². The number of hydrogen-bond acceptors (Lipinski definition) is 5. The van der Waals surface area contributed by atoms with Crippen LogP contribution in [0.1, 0.15) is 5.89 Å². The van der Waals surface area contributed by atoms with Gasteiger partial charge in [-0.2, -0.15) is 10.2 Å². The molecule has 0 aliphatic carbocycles. The van der Waals surface area contributed by atoms with Gasteiger partial charge in [0.15, 0.2) is 0 Å². The SMILES string of the molecule is Cc1nnc(-c2ccc(-c3ccc4nncc(Cl)c4c3)cc2)o1. The van der Waals surface area contributed by atoms with Crippen LogP contribution in [-0.2, 0) is 0 Å². The number of benzene rings is 2. The predicted octanol–water partition coefficient (Wildman–Crippen LogP) is 4.31. The summed E-state index contributed by atoms with van der Waals surface area (Å²) in [5, 5.41) is 17.3. The molecule has 0 atom stereocenters. The Morgan fingerprint density at radius 1 is 0.870 bits per heavy atom. The summed E-state index contributed by atoms with van der Waals surface area (Å²) >= 11 is 6.19. The number of rotatable bonds is 2. The second-order valence-corrected chi connectivity index (χ2v) is 5.54. The van der Waals surface area contributed by atoms with Gasteiger partial charge in [-0.3, -0.25) is 0 Å². The standard InChI is InChI=1S/C17H11ClN4O/c1-10-20-22-17(23-10)12-4-2-11(3-5-12)13-6-7-16-14(8-13)15(18)9-19-21-16/h2-9H,1H3. The van der Waals surface area contributed by atoms with Gasteiger partial charge >= 0.3 is 0 Å². The van der Waals surface area contributed by atoms with Crippen LogP contribution in [0.5, 0.6) is 0 Å². The monoisotopic (exact) mass is 322 g/mol. The third-order valence-corrected chi connectivity index (χ3v) is 3.88. The molecule has 2 aromatic carbocycles. The molecule has 5 nitrogen and oxygen atoms in total. The third-order valence-electron chi connectivity index (χ3n) is 3.58. The lowest BCUT2D eigenvalue weighted by molar-refractivity contribution is 0.533. The van der Waals surface area contributed by atoms with E-state index in [0.29, 0.717) is 16.8 Å². The van der Waals surface area contributed by atoms with E-state index < -0.39 is 0 Å². The zero-order chi connectivity index (χ0) is 15.8. The van der Waals surface area contributed by atoms with Crippen LogP contribution in [0.4, 0.5) is 0 Å². The fourth-order valence-corrected chi connectivity index (χ4v) is 2.62. The maximum atomic E-state index is 6.19. The van der Waals surface area contributed by atoms with Crippen LogP contribution in [0.3, 0.4) is 0 Å². The average molecular weight is 323 g/mol. The summed E-state index contributed by atoms with van der Waals surface area (Å²) < 4.78 is 5.43. The van der Waals surface area contributed by atoms with Gasteiger partial charge in [0.1, 0.15) is 0 Å². The van der Waals surface area contributed by atoms with Gasteiger partial charge in [-0.05, 0) is 35.4 Å². The largest absolute Gasteiger partial charge is 0.421 e. The smallest absolute Gasteiger partial charge is 0.247 e. The van der Waals surface area contributed by atoms with E-state index in [9.17, 15) is 0 Å². The summed E-state index contributed by atoms with van der Waals surface area (Å²) in [5.74, 6) is 1.07. The van der Waals surface area contributed by atoms with E-state index in [1.165, 1.54) is 0 Å². The Hall–Kier alpha value is -2.79. The van der Waals surface area contributed by atoms with Crippen molar-refractivity contribution in [2.24, 2.45) is 0 Å². The Labute approximate surface area is 137 Å². The van der Waals surface area contributed by atoms with Crippen molar-refractivity contribution in [3.05, 3.63) is 59.6 Å². The van der Waals surface area contributed by atoms with Crippen LogP contribution in [0.25, 0.3) is 33.5 Å². The minimum atomic E-state index is 0.519. The van der Waals surface area contributed by atoms with Gasteiger partial charge in [0.2, 0.25) is 11.8 Å². The molecule has 0 saturated heterocycles. The molecule has 2 aromatic heterocycles. The molecule has 23 heavy (non-hydrogen) atoms. The van der Waals surface area contributed by atoms with E-state index in [-0.39, 0.29) is 0 Å². The molecule has 0 radical (unpaired) electrons. The van der Waals surface area contributed by atoms with E-state index >= 15 is 0 Å². The molecule has 0 unspecified atom stereocenters. The molecule has 0 N–H and O–H groups in total. The molecule has 6 heteroatoms. The van der Waals surface area contributed by atoms with E-state index in [2.05, 4.69) is 20.4 Å². The summed E-state index contributed by atoms with van der Waals surface area (Å²) in [6, 6.07) is 13.9. The van der Waals surface area contributed by atoms with E-state index in [0.717, 1.165) is 27.6 Å². The predicted molar refractivity (Wildman–Crippen MR) is 88.0 cm³/mol. The van der Waals surface area contributed by atoms with Gasteiger partial charge < -0.3 is 4.42 Å². The Bertz CT molecular complexity index is 995. The number of halogens is 1. The number of aromatic nitrogens is 4. The molecule has 4 aromatic rings. The summed E-state index contributed by atoms with van der Waals surface area (Å²) in [5.41, 5.74) is 3.79. The summed E-state index contributed by atoms with van der Waals surface area (Å²) in [6.45, 7) is 1.77. The van der Waals surface area contributed by atoms with Crippen molar-refractivity contribution in [2.45, 2.75) is 6.92 Å². The first-order valence-electron chi connectivity index (χ1n) is 7.02. The lowest BCUT2D eigenvalue weighted by Gasteiger charge is -2.05. The fourth-order valence-electron chi connectivity index (χ4n) is 2.42. The Morgan fingerprint density at radius 2 is 1.61 bits per heavy atom. The molecule has 0 aliphatic rings. The van der Waals surface area contributed by atoms with Gasteiger partial charge in [-0.15, -0.1) is 10.2 Å². The van der Waals surface area contributed by atoms with Gasteiger partial charge in [0.25, 0.3) is 0 Å². The van der Waals surface area contributed by atoms with Crippen molar-refractivity contribution in [1.82, 2.24) is 20.4 Å². The molecule has 0 amide bonds. The second kappa shape index (κ2) is 5.44.